The largest absolute Gasteiger partial charge is 0.381 e. The zero-order valence-electron chi connectivity index (χ0n) is 9.23. The highest BCUT2D eigenvalue weighted by molar-refractivity contribution is 4.87. The van der Waals surface area contributed by atoms with Crippen LogP contribution in [-0.2, 0) is 4.74 Å². The van der Waals surface area contributed by atoms with Gasteiger partial charge in [-0.25, -0.2) is 0 Å². The Labute approximate surface area is 82.0 Å². The molecule has 78 valence electrons. The van der Waals surface area contributed by atoms with E-state index in [0.29, 0.717) is 5.41 Å². The molecule has 0 spiro atoms. The number of hydrogen-bond donors (Lipinski definition) is 1. The average Bonchev–Trinajstić information content (AvgIpc) is 2.18. The van der Waals surface area contributed by atoms with E-state index in [1.807, 2.05) is 0 Å². The molecular formula is C11H23NO. The van der Waals surface area contributed by atoms with Gasteiger partial charge in [-0.1, -0.05) is 20.3 Å². The van der Waals surface area contributed by atoms with Crippen LogP contribution in [0.25, 0.3) is 0 Å². The molecule has 0 radical (unpaired) electrons. The van der Waals surface area contributed by atoms with Crippen molar-refractivity contribution >= 4 is 0 Å². The summed E-state index contributed by atoms with van der Waals surface area (Å²) in [7, 11) is 2.06. The monoisotopic (exact) mass is 185 g/mol. The van der Waals surface area contributed by atoms with Crippen LogP contribution in [0.2, 0.25) is 0 Å². The second-order valence-corrected chi connectivity index (χ2v) is 4.31. The lowest BCUT2D eigenvalue weighted by Gasteiger charge is -2.42. The summed E-state index contributed by atoms with van der Waals surface area (Å²) in [5, 5.41) is 3.34. The molecule has 0 bridgehead atoms. The number of ether oxygens (including phenoxy) is 1. The highest BCUT2D eigenvalue weighted by Gasteiger charge is 2.36. The molecule has 1 aliphatic rings. The quantitative estimate of drug-likeness (QED) is 0.724. The number of hydrogen-bond acceptors (Lipinski definition) is 2. The Morgan fingerprint density at radius 3 is 2.46 bits per heavy atom. The number of rotatable bonds is 4. The lowest BCUT2D eigenvalue weighted by Crippen LogP contribution is -2.42. The molecule has 1 fully saturated rings. The van der Waals surface area contributed by atoms with Crippen molar-refractivity contribution in [2.45, 2.75) is 33.1 Å². The van der Waals surface area contributed by atoms with Gasteiger partial charge in [0.15, 0.2) is 0 Å². The SMILES string of the molecule is CCC(C)C1(CNC)CCOCC1. The van der Waals surface area contributed by atoms with Gasteiger partial charge in [0.1, 0.15) is 0 Å². The molecule has 0 aromatic carbocycles. The van der Waals surface area contributed by atoms with E-state index in [1.54, 1.807) is 0 Å². The van der Waals surface area contributed by atoms with Gasteiger partial charge >= 0.3 is 0 Å². The van der Waals surface area contributed by atoms with Crippen LogP contribution in [0.15, 0.2) is 0 Å². The second kappa shape index (κ2) is 4.97. The van der Waals surface area contributed by atoms with Crippen molar-refractivity contribution in [1.82, 2.24) is 5.32 Å². The minimum Gasteiger partial charge on any atom is -0.381 e. The van der Waals surface area contributed by atoms with E-state index in [9.17, 15) is 0 Å². The first kappa shape index (κ1) is 11.0. The molecule has 0 aliphatic carbocycles. The Bertz CT molecular complexity index is 136. The Balaban J connectivity index is 2.60. The molecule has 1 aliphatic heterocycles. The van der Waals surface area contributed by atoms with E-state index in [0.717, 1.165) is 25.7 Å². The van der Waals surface area contributed by atoms with Crippen molar-refractivity contribution < 1.29 is 4.74 Å². The predicted molar refractivity (Wildman–Crippen MR) is 55.9 cm³/mol. The van der Waals surface area contributed by atoms with Gasteiger partial charge in [0.05, 0.1) is 0 Å². The highest BCUT2D eigenvalue weighted by Crippen LogP contribution is 2.39. The van der Waals surface area contributed by atoms with E-state index < -0.39 is 0 Å². The van der Waals surface area contributed by atoms with Crippen LogP contribution < -0.4 is 5.32 Å². The second-order valence-electron chi connectivity index (χ2n) is 4.31. The fourth-order valence-electron chi connectivity index (χ4n) is 2.41. The molecule has 1 atom stereocenters. The molecule has 1 unspecified atom stereocenters. The maximum absolute atomic E-state index is 5.44. The van der Waals surface area contributed by atoms with Crippen molar-refractivity contribution in [2.24, 2.45) is 11.3 Å². The summed E-state index contributed by atoms with van der Waals surface area (Å²) in [4.78, 5) is 0. The molecular weight excluding hydrogens is 162 g/mol. The Morgan fingerprint density at radius 2 is 2.00 bits per heavy atom. The lowest BCUT2D eigenvalue weighted by atomic mass is 9.69. The van der Waals surface area contributed by atoms with Crippen LogP contribution in [0, 0.1) is 11.3 Å². The summed E-state index contributed by atoms with van der Waals surface area (Å²) < 4.78 is 5.44. The molecule has 0 aromatic rings. The molecule has 0 saturated carbocycles. The Morgan fingerprint density at radius 1 is 1.38 bits per heavy atom. The van der Waals surface area contributed by atoms with Gasteiger partial charge in [-0.2, -0.15) is 0 Å². The molecule has 1 N–H and O–H groups in total. The summed E-state index contributed by atoms with van der Waals surface area (Å²) in [6.07, 6.45) is 3.73. The van der Waals surface area contributed by atoms with E-state index >= 15 is 0 Å². The normalized spacial score (nSPS) is 24.2. The zero-order chi connectivity index (χ0) is 9.73. The van der Waals surface area contributed by atoms with Crippen LogP contribution in [-0.4, -0.2) is 26.8 Å². The van der Waals surface area contributed by atoms with E-state index in [2.05, 4.69) is 26.2 Å². The topological polar surface area (TPSA) is 21.3 Å². The summed E-state index contributed by atoms with van der Waals surface area (Å²) in [6, 6.07) is 0. The Kier molecular flexibility index (Phi) is 4.20. The smallest absolute Gasteiger partial charge is 0.0471 e. The molecule has 0 aromatic heterocycles. The van der Waals surface area contributed by atoms with Crippen molar-refractivity contribution in [3.05, 3.63) is 0 Å². The molecule has 0 amide bonds. The van der Waals surface area contributed by atoms with Crippen molar-refractivity contribution in [1.29, 1.82) is 0 Å². The summed E-state index contributed by atoms with van der Waals surface area (Å²) in [5.74, 6) is 0.809. The van der Waals surface area contributed by atoms with Crippen LogP contribution in [0.3, 0.4) is 0 Å². The van der Waals surface area contributed by atoms with Crippen LogP contribution in [0.1, 0.15) is 33.1 Å². The first-order valence-corrected chi connectivity index (χ1v) is 5.47. The van der Waals surface area contributed by atoms with Gasteiger partial charge in [0.25, 0.3) is 0 Å². The highest BCUT2D eigenvalue weighted by atomic mass is 16.5. The van der Waals surface area contributed by atoms with Crippen LogP contribution in [0.4, 0.5) is 0 Å². The van der Waals surface area contributed by atoms with Gasteiger partial charge in [0.2, 0.25) is 0 Å². The molecule has 1 rings (SSSR count). The van der Waals surface area contributed by atoms with Gasteiger partial charge in [-0.15, -0.1) is 0 Å². The molecule has 1 heterocycles. The summed E-state index contributed by atoms with van der Waals surface area (Å²) in [5.41, 5.74) is 0.502. The van der Waals surface area contributed by atoms with Gasteiger partial charge in [0, 0.05) is 19.8 Å². The maximum Gasteiger partial charge on any atom is 0.0471 e. The minimum atomic E-state index is 0.502. The van der Waals surface area contributed by atoms with Gasteiger partial charge in [-0.05, 0) is 31.2 Å². The van der Waals surface area contributed by atoms with Crippen molar-refractivity contribution in [3.8, 4) is 0 Å². The van der Waals surface area contributed by atoms with E-state index in [-0.39, 0.29) is 0 Å². The first-order valence-electron chi connectivity index (χ1n) is 5.47. The third kappa shape index (κ3) is 2.44. The molecule has 13 heavy (non-hydrogen) atoms. The first-order chi connectivity index (χ1) is 6.25. The zero-order valence-corrected chi connectivity index (χ0v) is 9.23. The minimum absolute atomic E-state index is 0.502. The molecule has 1 saturated heterocycles. The summed E-state index contributed by atoms with van der Waals surface area (Å²) in [6.45, 7) is 7.71. The fraction of sp³-hybridized carbons (Fsp3) is 1.00. The maximum atomic E-state index is 5.44. The lowest BCUT2D eigenvalue weighted by molar-refractivity contribution is -0.0139. The summed E-state index contributed by atoms with van der Waals surface area (Å²) >= 11 is 0. The molecule has 2 nitrogen and oxygen atoms in total. The number of nitrogens with one attached hydrogen (secondary N) is 1. The average molecular weight is 185 g/mol. The third-order valence-electron chi connectivity index (χ3n) is 3.68. The van der Waals surface area contributed by atoms with Crippen LogP contribution in [0.5, 0.6) is 0 Å². The van der Waals surface area contributed by atoms with Crippen molar-refractivity contribution in [2.75, 3.05) is 26.8 Å². The predicted octanol–water partition coefficient (Wildman–Crippen LogP) is 2.05. The van der Waals surface area contributed by atoms with Gasteiger partial charge < -0.3 is 10.1 Å². The third-order valence-corrected chi connectivity index (χ3v) is 3.68. The van der Waals surface area contributed by atoms with Gasteiger partial charge in [-0.3, -0.25) is 0 Å². The fourth-order valence-corrected chi connectivity index (χ4v) is 2.41. The Hall–Kier alpha value is -0.0800. The molecule has 2 heteroatoms. The van der Waals surface area contributed by atoms with Crippen molar-refractivity contribution in [3.63, 3.8) is 0 Å². The van der Waals surface area contributed by atoms with E-state index in [1.165, 1.54) is 19.3 Å². The van der Waals surface area contributed by atoms with E-state index in [4.69, 9.17) is 4.74 Å². The standard InChI is InChI=1S/C11H23NO/c1-4-10(2)11(9-12-3)5-7-13-8-6-11/h10,12H,4-9H2,1-3H3. The van der Waals surface area contributed by atoms with Crippen LogP contribution >= 0.6 is 0 Å².